The fourth-order valence-corrected chi connectivity index (χ4v) is 2.14. The zero-order valence-electron chi connectivity index (χ0n) is 9.43. The number of hydrogen-bond acceptors (Lipinski definition) is 3. The maximum Gasteiger partial charge on any atom is 0.0319 e. The number of likely N-dealkylation sites (N-methyl/N-ethyl adjacent to an activating group) is 2. The van der Waals surface area contributed by atoms with Crippen molar-refractivity contribution in [3.05, 3.63) is 0 Å². The zero-order chi connectivity index (χ0) is 10.3. The molecule has 0 amide bonds. The molecule has 0 spiro atoms. The fraction of sp³-hybridized carbons (Fsp3) is 1.00. The van der Waals surface area contributed by atoms with Crippen LogP contribution in [-0.4, -0.2) is 50.3 Å². The van der Waals surface area contributed by atoms with Crippen molar-refractivity contribution in [1.82, 2.24) is 10.2 Å². The molecule has 3 heteroatoms. The molecular weight excluding hydrogens is 164 g/mol. The lowest BCUT2D eigenvalue weighted by Crippen LogP contribution is -2.48. The molecule has 0 heterocycles. The molecule has 3 nitrogen and oxygen atoms in total. The summed E-state index contributed by atoms with van der Waals surface area (Å²) in [6.07, 6.45) is 5.49. The molecule has 1 saturated carbocycles. The summed E-state index contributed by atoms with van der Waals surface area (Å²) in [5.74, 6) is 0. The summed E-state index contributed by atoms with van der Waals surface area (Å²) in [6.45, 7) is 1.18. The van der Waals surface area contributed by atoms with Gasteiger partial charge in [0.25, 0.3) is 0 Å². The van der Waals surface area contributed by atoms with Gasteiger partial charge in [0.05, 0.1) is 0 Å². The molecule has 0 unspecified atom stereocenters. The van der Waals surface area contributed by atoms with E-state index in [2.05, 4.69) is 31.4 Å². The van der Waals surface area contributed by atoms with Crippen LogP contribution in [0.5, 0.6) is 0 Å². The van der Waals surface area contributed by atoms with Crippen LogP contribution in [0.15, 0.2) is 0 Å². The molecule has 80 valence electrons. The fourth-order valence-electron chi connectivity index (χ4n) is 2.14. The van der Waals surface area contributed by atoms with Gasteiger partial charge in [-0.15, -0.1) is 0 Å². The van der Waals surface area contributed by atoms with Crippen molar-refractivity contribution in [3.8, 4) is 0 Å². The molecule has 1 rings (SSSR count). The van der Waals surface area contributed by atoms with Crippen LogP contribution >= 0.6 is 0 Å². The summed E-state index contributed by atoms with van der Waals surface area (Å²) in [7, 11) is 7.39. The third-order valence-electron chi connectivity index (χ3n) is 2.71. The van der Waals surface area contributed by atoms with E-state index in [1.54, 1.807) is 0 Å². The van der Waals surface area contributed by atoms with Gasteiger partial charge in [-0.05, 0) is 34.0 Å². The van der Waals surface area contributed by atoms with Gasteiger partial charge in [-0.25, -0.2) is 0 Å². The Morgan fingerprint density at radius 3 is 2.00 bits per heavy atom. The highest BCUT2D eigenvalue weighted by Gasteiger charge is 2.31. The van der Waals surface area contributed by atoms with Gasteiger partial charge in [-0.1, -0.05) is 12.8 Å². The monoisotopic (exact) mass is 188 g/mol. The maximum absolute atomic E-state index is 7.00. The zero-order valence-corrected chi connectivity index (χ0v) is 9.43. The van der Waals surface area contributed by atoms with Crippen molar-refractivity contribution in [2.75, 3.05) is 34.8 Å². The Balaban J connectivity index is 0.000000671. The average Bonchev–Trinajstić information content (AvgIpc) is 2.56. The standard InChI is InChI=1S/C9H20N2.CH4O/c1-10-9(8-11(2)3)6-4-5-7-9;1-2/h10H,4-8H2,1-3H3;2H,1H3. The van der Waals surface area contributed by atoms with E-state index in [0.29, 0.717) is 5.54 Å². The van der Waals surface area contributed by atoms with Gasteiger partial charge < -0.3 is 15.3 Å². The Morgan fingerprint density at radius 1 is 1.23 bits per heavy atom. The molecular formula is C10H24N2O. The second kappa shape index (κ2) is 6.35. The minimum absolute atomic E-state index is 0.434. The Kier molecular flexibility index (Phi) is 6.29. The van der Waals surface area contributed by atoms with Gasteiger partial charge in [0.2, 0.25) is 0 Å². The Bertz CT molecular complexity index is 120. The second-order valence-electron chi connectivity index (χ2n) is 3.98. The van der Waals surface area contributed by atoms with Crippen LogP contribution in [0.4, 0.5) is 0 Å². The first-order chi connectivity index (χ1) is 6.18. The van der Waals surface area contributed by atoms with E-state index < -0.39 is 0 Å². The van der Waals surface area contributed by atoms with E-state index in [-0.39, 0.29) is 0 Å². The molecule has 0 saturated heterocycles. The van der Waals surface area contributed by atoms with Crippen LogP contribution in [0, 0.1) is 0 Å². The van der Waals surface area contributed by atoms with Crippen molar-refractivity contribution >= 4 is 0 Å². The maximum atomic E-state index is 7.00. The van der Waals surface area contributed by atoms with Crippen LogP contribution < -0.4 is 5.32 Å². The first-order valence-electron chi connectivity index (χ1n) is 4.97. The first-order valence-corrected chi connectivity index (χ1v) is 4.97. The number of hydrogen-bond donors (Lipinski definition) is 2. The number of aliphatic hydroxyl groups excluding tert-OH is 1. The topological polar surface area (TPSA) is 35.5 Å². The van der Waals surface area contributed by atoms with Gasteiger partial charge in [0.15, 0.2) is 0 Å². The average molecular weight is 188 g/mol. The molecule has 2 N–H and O–H groups in total. The van der Waals surface area contributed by atoms with E-state index in [4.69, 9.17) is 5.11 Å². The minimum Gasteiger partial charge on any atom is -0.400 e. The summed E-state index contributed by atoms with van der Waals surface area (Å²) in [5, 5.41) is 10.5. The summed E-state index contributed by atoms with van der Waals surface area (Å²) in [6, 6.07) is 0. The predicted molar refractivity (Wildman–Crippen MR) is 57.0 cm³/mol. The van der Waals surface area contributed by atoms with Gasteiger partial charge in [-0.3, -0.25) is 0 Å². The molecule has 0 atom stereocenters. The number of rotatable bonds is 3. The van der Waals surface area contributed by atoms with E-state index in [0.717, 1.165) is 7.11 Å². The summed E-state index contributed by atoms with van der Waals surface area (Å²) in [5.41, 5.74) is 0.434. The highest BCUT2D eigenvalue weighted by molar-refractivity contribution is 4.93. The van der Waals surface area contributed by atoms with Crippen molar-refractivity contribution in [2.45, 2.75) is 31.2 Å². The smallest absolute Gasteiger partial charge is 0.0319 e. The molecule has 0 aromatic carbocycles. The number of nitrogens with zero attached hydrogens (tertiary/aromatic N) is 1. The lowest BCUT2D eigenvalue weighted by molar-refractivity contribution is 0.248. The molecule has 0 radical (unpaired) electrons. The van der Waals surface area contributed by atoms with Crippen molar-refractivity contribution in [1.29, 1.82) is 0 Å². The molecule has 0 bridgehead atoms. The van der Waals surface area contributed by atoms with E-state index in [9.17, 15) is 0 Å². The molecule has 0 aliphatic heterocycles. The van der Waals surface area contributed by atoms with E-state index in [1.807, 2.05) is 0 Å². The van der Waals surface area contributed by atoms with Crippen LogP contribution in [0.3, 0.4) is 0 Å². The third-order valence-corrected chi connectivity index (χ3v) is 2.71. The van der Waals surface area contributed by atoms with Crippen molar-refractivity contribution in [2.24, 2.45) is 0 Å². The first kappa shape index (κ1) is 12.9. The quantitative estimate of drug-likeness (QED) is 0.684. The molecule has 13 heavy (non-hydrogen) atoms. The predicted octanol–water partition coefficient (Wildman–Crippen LogP) is 0.689. The summed E-state index contributed by atoms with van der Waals surface area (Å²) >= 11 is 0. The Morgan fingerprint density at radius 2 is 1.69 bits per heavy atom. The summed E-state index contributed by atoms with van der Waals surface area (Å²) in [4.78, 5) is 2.28. The van der Waals surface area contributed by atoms with Gasteiger partial charge >= 0.3 is 0 Å². The van der Waals surface area contributed by atoms with Gasteiger partial charge in [0.1, 0.15) is 0 Å². The normalized spacial score (nSPS) is 19.8. The van der Waals surface area contributed by atoms with Crippen LogP contribution in [0.25, 0.3) is 0 Å². The van der Waals surface area contributed by atoms with Crippen molar-refractivity contribution in [3.63, 3.8) is 0 Å². The SMILES string of the molecule is CNC1(CN(C)C)CCCC1.CO. The summed E-state index contributed by atoms with van der Waals surface area (Å²) < 4.78 is 0. The molecule has 0 aromatic rings. The molecule has 1 aliphatic carbocycles. The van der Waals surface area contributed by atoms with Crippen LogP contribution in [-0.2, 0) is 0 Å². The lowest BCUT2D eigenvalue weighted by Gasteiger charge is -2.31. The lowest BCUT2D eigenvalue weighted by atomic mass is 9.97. The Hall–Kier alpha value is -0.120. The Labute approximate surface area is 82.1 Å². The molecule has 1 aliphatic rings. The highest BCUT2D eigenvalue weighted by atomic mass is 16.2. The van der Waals surface area contributed by atoms with E-state index >= 15 is 0 Å². The second-order valence-corrected chi connectivity index (χ2v) is 3.98. The number of aliphatic hydroxyl groups is 1. The molecule has 1 fully saturated rings. The molecule has 0 aromatic heterocycles. The van der Waals surface area contributed by atoms with E-state index in [1.165, 1.54) is 32.2 Å². The van der Waals surface area contributed by atoms with Crippen LogP contribution in [0.1, 0.15) is 25.7 Å². The third kappa shape index (κ3) is 4.07. The largest absolute Gasteiger partial charge is 0.400 e. The minimum atomic E-state index is 0.434. The van der Waals surface area contributed by atoms with Gasteiger partial charge in [-0.2, -0.15) is 0 Å². The van der Waals surface area contributed by atoms with Crippen molar-refractivity contribution < 1.29 is 5.11 Å². The highest BCUT2D eigenvalue weighted by Crippen LogP contribution is 2.29. The number of nitrogens with one attached hydrogen (secondary N) is 1. The van der Waals surface area contributed by atoms with Gasteiger partial charge in [0, 0.05) is 19.2 Å². The van der Waals surface area contributed by atoms with Crippen LogP contribution in [0.2, 0.25) is 0 Å².